The number of nitrogens with two attached hydrogens (primary N) is 1. The van der Waals surface area contributed by atoms with Crippen molar-refractivity contribution in [1.29, 1.82) is 0 Å². The van der Waals surface area contributed by atoms with E-state index >= 15 is 0 Å². The molecule has 0 bridgehead atoms. The number of hydrogen-bond acceptors (Lipinski definition) is 10. The van der Waals surface area contributed by atoms with Crippen LogP contribution in [0.2, 0.25) is 0 Å². The second-order valence-electron chi connectivity index (χ2n) is 12.0. The van der Waals surface area contributed by atoms with Gasteiger partial charge in [0, 0.05) is 6.20 Å². The second kappa shape index (κ2) is 16.2. The summed E-state index contributed by atoms with van der Waals surface area (Å²) in [4.78, 5) is 41.1. The molecule has 1 aliphatic rings. The third-order valence-electron chi connectivity index (χ3n) is 7.56. The van der Waals surface area contributed by atoms with Crippen molar-refractivity contribution < 1.29 is 37.1 Å². The van der Waals surface area contributed by atoms with Gasteiger partial charge >= 0.3 is 25.2 Å². The van der Waals surface area contributed by atoms with Gasteiger partial charge in [0.05, 0.1) is 42.8 Å². The van der Waals surface area contributed by atoms with E-state index in [1.807, 2.05) is 0 Å². The van der Waals surface area contributed by atoms with Crippen LogP contribution in [-0.2, 0) is 28.2 Å². The van der Waals surface area contributed by atoms with Crippen molar-refractivity contribution in [1.82, 2.24) is 9.55 Å². The first kappa shape index (κ1) is 36.0. The second-order valence-corrected chi connectivity index (χ2v) is 14.0. The molecule has 248 valence electrons. The number of aromatic nitrogens is 2. The van der Waals surface area contributed by atoms with E-state index in [1.54, 1.807) is 51.1 Å². The molecular formula is C32H45FN3O8P. The highest BCUT2D eigenvalue weighted by atomic mass is 31.2. The smallest absolute Gasteiger partial charge is 0.380 e. The van der Waals surface area contributed by atoms with Gasteiger partial charge in [0.2, 0.25) is 0 Å². The number of nitrogen functional groups attached to an aromatic ring is 1. The predicted octanol–water partition coefficient (Wildman–Crippen LogP) is 6.08. The van der Waals surface area contributed by atoms with Crippen molar-refractivity contribution in [3.63, 3.8) is 0 Å². The Labute approximate surface area is 263 Å². The van der Waals surface area contributed by atoms with Crippen molar-refractivity contribution in [2.45, 2.75) is 66.7 Å². The number of hydrogen-bond donors (Lipinski definition) is 1. The fourth-order valence-corrected chi connectivity index (χ4v) is 6.73. The lowest BCUT2D eigenvalue weighted by atomic mass is 9.99. The van der Waals surface area contributed by atoms with Crippen LogP contribution in [0.1, 0.15) is 66.7 Å². The number of halogens is 1. The fourth-order valence-electron chi connectivity index (χ4n) is 4.79. The van der Waals surface area contributed by atoms with Gasteiger partial charge in [-0.15, -0.1) is 0 Å². The number of anilines is 1. The highest BCUT2D eigenvalue weighted by Crippen LogP contribution is 2.58. The molecule has 1 fully saturated rings. The summed E-state index contributed by atoms with van der Waals surface area (Å²) in [7, 11) is -4.01. The van der Waals surface area contributed by atoms with Gasteiger partial charge in [-0.1, -0.05) is 65.7 Å². The molecule has 11 nitrogen and oxygen atoms in total. The molecule has 1 heterocycles. The number of carbonyl (C=O) groups excluding carboxylic acids is 2. The highest BCUT2D eigenvalue weighted by Gasteiger charge is 2.52. The van der Waals surface area contributed by atoms with Crippen molar-refractivity contribution in [2.75, 3.05) is 31.7 Å². The number of esters is 2. The Morgan fingerprint density at radius 2 is 1.76 bits per heavy atom. The zero-order valence-corrected chi connectivity index (χ0v) is 27.6. The Hall–Kier alpha value is -3.50. The first-order valence-corrected chi connectivity index (χ1v) is 17.1. The number of ether oxygens (including phenoxy) is 2. The molecule has 1 unspecified atom stereocenters. The van der Waals surface area contributed by atoms with Gasteiger partial charge in [-0.2, -0.15) is 4.98 Å². The molecule has 0 radical (unpaired) electrons. The van der Waals surface area contributed by atoms with E-state index < -0.39 is 54.1 Å². The van der Waals surface area contributed by atoms with Gasteiger partial charge in [-0.05, 0) is 42.9 Å². The van der Waals surface area contributed by atoms with Gasteiger partial charge in [0.25, 0.3) is 0 Å². The van der Waals surface area contributed by atoms with E-state index in [4.69, 9.17) is 24.3 Å². The topological polar surface area (TPSA) is 149 Å². The van der Waals surface area contributed by atoms with Crippen LogP contribution in [0.15, 0.2) is 46.9 Å². The number of benzene rings is 1. The van der Waals surface area contributed by atoms with Crippen LogP contribution < -0.4 is 15.9 Å². The lowest BCUT2D eigenvalue weighted by Gasteiger charge is -2.25. The van der Waals surface area contributed by atoms with Crippen LogP contribution in [0.4, 0.5) is 10.2 Å². The van der Waals surface area contributed by atoms with Crippen LogP contribution in [0, 0.1) is 29.0 Å². The molecule has 0 saturated heterocycles. The Morgan fingerprint density at radius 1 is 1.09 bits per heavy atom. The zero-order chi connectivity index (χ0) is 33.2. The summed E-state index contributed by atoms with van der Waals surface area (Å²) in [6.07, 6.45) is 6.15. The van der Waals surface area contributed by atoms with Crippen LogP contribution in [0.3, 0.4) is 0 Å². The number of nitrogens with zero attached hydrogens (tertiary/aromatic N) is 2. The van der Waals surface area contributed by atoms with Gasteiger partial charge in [-0.25, -0.2) is 13.8 Å². The first-order valence-electron chi connectivity index (χ1n) is 15.4. The average Bonchev–Trinajstić information content (AvgIpc) is 3.69. The quantitative estimate of drug-likeness (QED) is 0.149. The molecule has 3 atom stereocenters. The maximum atomic E-state index is 14.3. The Bertz CT molecular complexity index is 1440. The molecule has 1 saturated carbocycles. The van der Waals surface area contributed by atoms with E-state index in [1.165, 1.54) is 6.20 Å². The zero-order valence-electron chi connectivity index (χ0n) is 26.7. The van der Waals surface area contributed by atoms with Crippen molar-refractivity contribution in [3.8, 4) is 5.75 Å². The largest absolute Gasteiger partial charge is 0.465 e. The molecule has 45 heavy (non-hydrogen) atoms. The number of carbonyl (C=O) groups is 2. The average molecular weight is 650 g/mol. The van der Waals surface area contributed by atoms with Gasteiger partial charge < -0.3 is 19.7 Å². The van der Waals surface area contributed by atoms with Crippen LogP contribution in [-0.4, -0.2) is 47.5 Å². The number of rotatable bonds is 18. The van der Waals surface area contributed by atoms with Gasteiger partial charge in [0.1, 0.15) is 12.4 Å². The van der Waals surface area contributed by atoms with Crippen LogP contribution in [0.5, 0.6) is 5.75 Å². The first-order chi connectivity index (χ1) is 21.3. The predicted molar refractivity (Wildman–Crippen MR) is 169 cm³/mol. The number of para-hydroxylation sites is 1. The minimum atomic E-state index is -4.01. The molecule has 2 N–H and O–H groups in total. The van der Waals surface area contributed by atoms with Gasteiger partial charge in [-0.3, -0.25) is 18.7 Å². The molecule has 1 aromatic carbocycles. The standard InChI is InChI=1S/C32H45FN3O8P/c1-6-11-24(12-7-2)18-41-30(38)23(5)19-45(40,44-26-13-9-8-10-14-26)43-21-32(20-42-29(37)22(3)4)15-25(32)16-36-17-27(33)28(34)35-31(36)39/h8-10,13-14,16-17,22-24H,6-7,11-12,15,18-21H2,1-5H3,(H2,34,35,39)/b25-16-/t23-,32?,45+/m1/s1. The van der Waals surface area contributed by atoms with E-state index in [0.717, 1.165) is 36.4 Å². The molecule has 13 heteroatoms. The lowest BCUT2D eigenvalue weighted by Crippen LogP contribution is -2.26. The van der Waals surface area contributed by atoms with Crippen molar-refractivity contribution in [3.05, 3.63) is 58.4 Å². The van der Waals surface area contributed by atoms with E-state index in [9.17, 15) is 23.3 Å². The van der Waals surface area contributed by atoms with Gasteiger partial charge in [0.15, 0.2) is 11.6 Å². The molecule has 1 aromatic heterocycles. The summed E-state index contributed by atoms with van der Waals surface area (Å²) in [5.74, 6) is -3.03. The summed E-state index contributed by atoms with van der Waals surface area (Å²) in [6, 6.07) is 8.45. The fraction of sp³-hybridized carbons (Fsp3) is 0.562. The maximum Gasteiger partial charge on any atom is 0.380 e. The van der Waals surface area contributed by atoms with E-state index in [0.29, 0.717) is 5.57 Å². The third kappa shape index (κ3) is 10.5. The minimum absolute atomic E-state index is 0.144. The molecule has 0 spiro atoms. The normalized spacial score (nSPS) is 18.9. The molecule has 3 rings (SSSR count). The Balaban J connectivity index is 1.83. The lowest BCUT2D eigenvalue weighted by molar-refractivity contribution is -0.150. The molecular weight excluding hydrogens is 604 g/mol. The minimum Gasteiger partial charge on any atom is -0.465 e. The molecule has 1 aliphatic carbocycles. The maximum absolute atomic E-state index is 14.3. The van der Waals surface area contributed by atoms with E-state index in [2.05, 4.69) is 18.8 Å². The Kier molecular flexibility index (Phi) is 12.9. The molecule has 0 aliphatic heterocycles. The third-order valence-corrected chi connectivity index (χ3v) is 9.56. The van der Waals surface area contributed by atoms with Crippen LogP contribution in [0.25, 0.3) is 6.20 Å². The highest BCUT2D eigenvalue weighted by molar-refractivity contribution is 7.54. The summed E-state index contributed by atoms with van der Waals surface area (Å²) in [5, 5.41) is 0. The van der Waals surface area contributed by atoms with E-state index in [-0.39, 0.29) is 44.1 Å². The summed E-state index contributed by atoms with van der Waals surface area (Å²) < 4.78 is 52.3. The van der Waals surface area contributed by atoms with Crippen molar-refractivity contribution >= 4 is 31.6 Å². The Morgan fingerprint density at radius 3 is 2.38 bits per heavy atom. The summed E-state index contributed by atoms with van der Waals surface area (Å²) in [5.41, 5.74) is 4.20. The SMILES string of the molecule is CCCC(CCC)COC(=O)[C@H](C)C[P@](=O)(OCC1(COC(=O)C(C)C)C/C1=C/n1cc(F)c(N)nc1=O)Oc1ccccc1. The summed E-state index contributed by atoms with van der Waals surface area (Å²) >= 11 is 0. The molecule has 2 aromatic rings. The van der Waals surface area contributed by atoms with Crippen molar-refractivity contribution in [2.24, 2.45) is 23.2 Å². The summed E-state index contributed by atoms with van der Waals surface area (Å²) in [6.45, 7) is 9.06. The molecule has 0 amide bonds. The monoisotopic (exact) mass is 649 g/mol. The van der Waals surface area contributed by atoms with Crippen LogP contribution >= 0.6 is 7.60 Å².